The van der Waals surface area contributed by atoms with E-state index in [2.05, 4.69) is 26.0 Å². The summed E-state index contributed by atoms with van der Waals surface area (Å²) in [6.07, 6.45) is 18.6. The number of aliphatic hydroxyl groups is 6. The van der Waals surface area contributed by atoms with E-state index >= 15 is 0 Å². The first-order valence-corrected chi connectivity index (χ1v) is 22.6. The zero-order chi connectivity index (χ0) is 41.7. The van der Waals surface area contributed by atoms with Crippen LogP contribution in [-0.2, 0) is 33.3 Å². The lowest BCUT2D eigenvalue weighted by atomic mass is 9.99. The number of unbranched alkanes of at least 4 members (excludes halogenated alkanes) is 21. The summed E-state index contributed by atoms with van der Waals surface area (Å²) in [5, 5.41) is 63.1. The summed E-state index contributed by atoms with van der Waals surface area (Å²) in [6, 6.07) is 0. The van der Waals surface area contributed by atoms with Crippen molar-refractivity contribution in [2.24, 2.45) is 0 Å². The van der Waals surface area contributed by atoms with E-state index in [4.69, 9.17) is 23.7 Å². The fraction of sp³-hybridized carbons (Fsp3) is 0.909. The lowest BCUT2D eigenvalue weighted by molar-refractivity contribution is -0.383. The highest BCUT2D eigenvalue weighted by Crippen LogP contribution is 2.37. The third kappa shape index (κ3) is 20.4. The summed E-state index contributed by atoms with van der Waals surface area (Å²) >= 11 is 0. The number of hydrogen-bond donors (Lipinski definition) is 6. The molecule has 0 aliphatic carbocycles. The fourth-order valence-electron chi connectivity index (χ4n) is 7.38. The Labute approximate surface area is 342 Å². The molecule has 2 rings (SSSR count). The summed E-state index contributed by atoms with van der Waals surface area (Å²) < 4.78 is 28.1. The summed E-state index contributed by atoms with van der Waals surface area (Å²) in [6.45, 7) is 2.55. The normalized spacial score (nSPS) is 27.6. The van der Waals surface area contributed by atoms with Crippen LogP contribution in [0.25, 0.3) is 0 Å². The van der Waals surface area contributed by atoms with Gasteiger partial charge in [-0.3, -0.25) is 9.59 Å². The van der Waals surface area contributed by atoms with E-state index in [9.17, 15) is 40.2 Å². The lowest BCUT2D eigenvalue weighted by Gasteiger charge is -2.43. The van der Waals surface area contributed by atoms with Gasteiger partial charge in [0.15, 0.2) is 6.29 Å². The molecule has 2 aliphatic heterocycles. The van der Waals surface area contributed by atoms with Crippen LogP contribution < -0.4 is 0 Å². The Bertz CT molecular complexity index is 1060. The molecule has 0 spiro atoms. The molecule has 0 radical (unpaired) electrons. The standard InChI is InChI=1S/C44H80O13/c1-3-5-7-9-11-13-15-17-19-21-23-25-27-29-36(46)53-32-35-39(49)42(52)44(56-35,57-43-41(51)40(50)38(48)34(31-45)55-43)33-54-37(47)30-28-26-24-22-20-18-16-14-12-10-8-6-4-2/h13,15,34-35,38-43,45,48-52H,3-12,14,16-33H2,1-2H3/b15-13-/t34-,35-,38-,39-,40+,41-,42+,43-,44+/m1/s1. The summed E-state index contributed by atoms with van der Waals surface area (Å²) in [5.41, 5.74) is 0. The number of carbonyl (C=O) groups is 2. The van der Waals surface area contributed by atoms with Crippen molar-refractivity contribution in [1.82, 2.24) is 0 Å². The molecule has 6 N–H and O–H groups in total. The summed E-state index contributed by atoms with van der Waals surface area (Å²) in [5.74, 6) is -3.40. The van der Waals surface area contributed by atoms with Crippen LogP contribution in [0, 0.1) is 0 Å². The van der Waals surface area contributed by atoms with Gasteiger partial charge in [0.05, 0.1) is 6.61 Å². The Kier molecular flexibility index (Phi) is 28.2. The fourth-order valence-corrected chi connectivity index (χ4v) is 7.38. The second-order valence-electron chi connectivity index (χ2n) is 16.2. The number of esters is 2. The zero-order valence-corrected chi connectivity index (χ0v) is 35.3. The molecule has 57 heavy (non-hydrogen) atoms. The lowest BCUT2D eigenvalue weighted by Crippen LogP contribution is -2.62. The monoisotopic (exact) mass is 817 g/mol. The van der Waals surface area contributed by atoms with Crippen molar-refractivity contribution in [2.75, 3.05) is 19.8 Å². The summed E-state index contributed by atoms with van der Waals surface area (Å²) in [7, 11) is 0. The second kappa shape index (κ2) is 31.2. The predicted molar refractivity (Wildman–Crippen MR) is 217 cm³/mol. The van der Waals surface area contributed by atoms with Crippen LogP contribution in [0.3, 0.4) is 0 Å². The van der Waals surface area contributed by atoms with Crippen molar-refractivity contribution in [3.8, 4) is 0 Å². The number of aliphatic hydroxyl groups excluding tert-OH is 6. The van der Waals surface area contributed by atoms with Crippen molar-refractivity contribution in [3.63, 3.8) is 0 Å². The molecule has 9 atom stereocenters. The Morgan fingerprint density at radius 3 is 1.53 bits per heavy atom. The molecular formula is C44H80O13. The van der Waals surface area contributed by atoms with Gasteiger partial charge in [-0.2, -0.15) is 0 Å². The van der Waals surface area contributed by atoms with E-state index in [-0.39, 0.29) is 12.8 Å². The maximum absolute atomic E-state index is 12.8. The number of hydrogen-bond acceptors (Lipinski definition) is 13. The molecule has 0 amide bonds. The Morgan fingerprint density at radius 1 is 0.561 bits per heavy atom. The predicted octanol–water partition coefficient (Wildman–Crippen LogP) is 6.44. The smallest absolute Gasteiger partial charge is 0.305 e. The van der Waals surface area contributed by atoms with Crippen molar-refractivity contribution in [1.29, 1.82) is 0 Å². The van der Waals surface area contributed by atoms with E-state index in [1.54, 1.807) is 0 Å². The van der Waals surface area contributed by atoms with Gasteiger partial charge in [-0.1, -0.05) is 142 Å². The molecule has 0 aromatic carbocycles. The SMILES string of the molecule is CCCCCC/C=C\CCCCCCCC(=O)OC[C@H]1O[C@@](COC(=O)CCCCCCCCCCCCCCC)(O[C@H]2O[C@H](CO)[C@@H](O)[C@H](O)[C@H]2O)[C@@H](O)[C@@H]1O. The van der Waals surface area contributed by atoms with Gasteiger partial charge in [0.2, 0.25) is 5.79 Å². The average molecular weight is 817 g/mol. The van der Waals surface area contributed by atoms with Gasteiger partial charge in [-0.25, -0.2) is 0 Å². The van der Waals surface area contributed by atoms with E-state index < -0.39 is 86.6 Å². The molecule has 2 aliphatic rings. The van der Waals surface area contributed by atoms with Crippen LogP contribution in [0.2, 0.25) is 0 Å². The van der Waals surface area contributed by atoms with Crippen LogP contribution in [0.5, 0.6) is 0 Å². The van der Waals surface area contributed by atoms with E-state index in [0.29, 0.717) is 12.8 Å². The maximum Gasteiger partial charge on any atom is 0.305 e. The highest BCUT2D eigenvalue weighted by Gasteiger charge is 2.59. The number of allylic oxidation sites excluding steroid dienone is 2. The first-order chi connectivity index (χ1) is 27.6. The number of ether oxygens (including phenoxy) is 5. The highest BCUT2D eigenvalue weighted by atomic mass is 16.8. The van der Waals surface area contributed by atoms with Gasteiger partial charge in [-0.15, -0.1) is 0 Å². The zero-order valence-electron chi connectivity index (χ0n) is 35.3. The van der Waals surface area contributed by atoms with Crippen molar-refractivity contribution in [2.45, 2.75) is 236 Å². The van der Waals surface area contributed by atoms with Crippen molar-refractivity contribution in [3.05, 3.63) is 12.2 Å². The van der Waals surface area contributed by atoms with Gasteiger partial charge < -0.3 is 54.3 Å². The second-order valence-corrected chi connectivity index (χ2v) is 16.2. The molecule has 334 valence electrons. The Balaban J connectivity index is 1.81. The molecule has 0 saturated carbocycles. The minimum Gasteiger partial charge on any atom is -0.463 e. The maximum atomic E-state index is 12.8. The van der Waals surface area contributed by atoms with E-state index in [1.807, 2.05) is 0 Å². The van der Waals surface area contributed by atoms with Crippen LogP contribution in [0.4, 0.5) is 0 Å². The molecule has 0 aromatic heterocycles. The van der Waals surface area contributed by atoms with E-state index in [1.165, 1.54) is 83.5 Å². The molecule has 2 saturated heterocycles. The van der Waals surface area contributed by atoms with Crippen LogP contribution in [0.1, 0.15) is 181 Å². The molecule has 0 unspecified atom stereocenters. The average Bonchev–Trinajstić information content (AvgIpc) is 3.44. The van der Waals surface area contributed by atoms with Gasteiger partial charge in [0.25, 0.3) is 0 Å². The molecule has 2 heterocycles. The van der Waals surface area contributed by atoms with Crippen molar-refractivity contribution >= 4 is 11.9 Å². The Hall–Kier alpha value is -1.68. The molecule has 2 fully saturated rings. The molecular weight excluding hydrogens is 736 g/mol. The van der Waals surface area contributed by atoms with Gasteiger partial charge in [0, 0.05) is 12.8 Å². The van der Waals surface area contributed by atoms with Gasteiger partial charge in [-0.05, 0) is 38.5 Å². The number of carbonyl (C=O) groups excluding carboxylic acids is 2. The minimum atomic E-state index is -2.31. The third-order valence-electron chi connectivity index (χ3n) is 11.1. The largest absolute Gasteiger partial charge is 0.463 e. The van der Waals surface area contributed by atoms with Crippen LogP contribution >= 0.6 is 0 Å². The molecule has 13 nitrogen and oxygen atoms in total. The first-order valence-electron chi connectivity index (χ1n) is 22.6. The third-order valence-corrected chi connectivity index (χ3v) is 11.1. The summed E-state index contributed by atoms with van der Waals surface area (Å²) in [4.78, 5) is 25.4. The van der Waals surface area contributed by atoms with Crippen LogP contribution in [-0.4, -0.2) is 117 Å². The Morgan fingerprint density at radius 2 is 1.02 bits per heavy atom. The van der Waals surface area contributed by atoms with Crippen molar-refractivity contribution < 1.29 is 63.9 Å². The quantitative estimate of drug-likeness (QED) is 0.0236. The van der Waals surface area contributed by atoms with Gasteiger partial charge in [0.1, 0.15) is 55.9 Å². The molecule has 0 bridgehead atoms. The topological polar surface area (TPSA) is 202 Å². The molecule has 13 heteroatoms. The van der Waals surface area contributed by atoms with E-state index in [0.717, 1.165) is 57.8 Å². The van der Waals surface area contributed by atoms with Crippen LogP contribution in [0.15, 0.2) is 12.2 Å². The number of rotatable bonds is 34. The van der Waals surface area contributed by atoms with Gasteiger partial charge >= 0.3 is 11.9 Å². The minimum absolute atomic E-state index is 0.101. The highest BCUT2D eigenvalue weighted by molar-refractivity contribution is 5.69. The first kappa shape index (κ1) is 51.5. The molecule has 0 aromatic rings.